The van der Waals surface area contributed by atoms with Gasteiger partial charge in [-0.15, -0.1) is 0 Å². The topological polar surface area (TPSA) is 137 Å². The molecule has 9 atom stereocenters. The Kier molecular flexibility index (Phi) is 7.71. The lowest BCUT2D eigenvalue weighted by atomic mass is 9.54. The SMILES string of the molecule is C=C(C)[C@]1(O)C[C@@H](C)[C@@]2(O)[C@H]([C@H]1OC(=O)/C=C/C=C/CCCCC)[C@@H]1O[C@]1(CO)C[C@]1(O)C(=O)C(C)=C[C@@H]21. The molecule has 3 fully saturated rings. The molecule has 4 rings (SSSR count). The highest BCUT2D eigenvalue weighted by Crippen LogP contribution is 2.65. The fraction of sp³-hybridized carbons (Fsp3) is 0.667. The Morgan fingerprint density at radius 1 is 1.26 bits per heavy atom. The van der Waals surface area contributed by atoms with Gasteiger partial charge in [-0.3, -0.25) is 4.79 Å². The van der Waals surface area contributed by atoms with Gasteiger partial charge in [0.05, 0.1) is 24.2 Å². The van der Waals surface area contributed by atoms with Gasteiger partial charge in [-0.05, 0) is 50.2 Å². The van der Waals surface area contributed by atoms with Crippen molar-refractivity contribution in [3.63, 3.8) is 0 Å². The molecule has 4 N–H and O–H groups in total. The number of carbonyl (C=O) groups excluding carboxylic acids is 2. The van der Waals surface area contributed by atoms with Crippen molar-refractivity contribution in [2.45, 2.75) is 101 Å². The van der Waals surface area contributed by atoms with Gasteiger partial charge in [0.15, 0.2) is 5.78 Å². The Morgan fingerprint density at radius 2 is 1.97 bits per heavy atom. The van der Waals surface area contributed by atoms with E-state index in [-0.39, 0.29) is 12.8 Å². The minimum atomic E-state index is -1.99. The highest BCUT2D eigenvalue weighted by Gasteiger charge is 2.80. The quantitative estimate of drug-likeness (QED) is 0.0892. The van der Waals surface area contributed by atoms with Crippen LogP contribution in [0.25, 0.3) is 0 Å². The van der Waals surface area contributed by atoms with Gasteiger partial charge in [0.25, 0.3) is 0 Å². The van der Waals surface area contributed by atoms with E-state index in [9.17, 15) is 30.0 Å². The molecule has 8 nitrogen and oxygen atoms in total. The van der Waals surface area contributed by atoms with Gasteiger partial charge in [-0.2, -0.15) is 0 Å². The van der Waals surface area contributed by atoms with Crippen LogP contribution in [0.15, 0.2) is 48.1 Å². The maximum absolute atomic E-state index is 13.2. The molecule has 0 aromatic carbocycles. The largest absolute Gasteiger partial charge is 0.455 e. The van der Waals surface area contributed by atoms with E-state index >= 15 is 0 Å². The van der Waals surface area contributed by atoms with E-state index in [1.54, 1.807) is 39.0 Å². The van der Waals surface area contributed by atoms with Crippen molar-refractivity contribution >= 4 is 11.8 Å². The fourth-order valence-electron chi connectivity index (χ4n) is 7.16. The summed E-state index contributed by atoms with van der Waals surface area (Å²) in [5.41, 5.74) is -6.12. The van der Waals surface area contributed by atoms with Crippen LogP contribution >= 0.6 is 0 Å². The molecule has 0 unspecified atom stereocenters. The smallest absolute Gasteiger partial charge is 0.331 e. The summed E-state index contributed by atoms with van der Waals surface area (Å²) in [5.74, 6) is -3.95. The summed E-state index contributed by atoms with van der Waals surface area (Å²) in [5, 5.41) is 46.4. The number of ether oxygens (including phenoxy) is 2. The molecule has 0 radical (unpaired) electrons. The van der Waals surface area contributed by atoms with E-state index in [1.807, 2.05) is 6.08 Å². The van der Waals surface area contributed by atoms with Gasteiger partial charge in [-0.1, -0.05) is 57.6 Å². The Bertz CT molecular complexity index is 1080. The fourth-order valence-corrected chi connectivity index (χ4v) is 7.16. The second kappa shape index (κ2) is 10.1. The van der Waals surface area contributed by atoms with Crippen molar-refractivity contribution in [2.24, 2.45) is 17.8 Å². The first-order valence-corrected chi connectivity index (χ1v) is 13.7. The number of rotatable bonds is 9. The third kappa shape index (κ3) is 4.34. The van der Waals surface area contributed by atoms with Gasteiger partial charge in [0.2, 0.25) is 0 Å². The number of fused-ring (bicyclic) bond motifs is 5. The molecule has 38 heavy (non-hydrogen) atoms. The lowest BCUT2D eigenvalue weighted by molar-refractivity contribution is -0.246. The number of epoxide rings is 1. The molecule has 0 bridgehead atoms. The summed E-state index contributed by atoms with van der Waals surface area (Å²) >= 11 is 0. The maximum atomic E-state index is 13.2. The van der Waals surface area contributed by atoms with E-state index < -0.39 is 70.7 Å². The average Bonchev–Trinajstić information content (AvgIpc) is 3.52. The number of hydrogen-bond acceptors (Lipinski definition) is 8. The molecular formula is C30H42O8. The Balaban J connectivity index is 1.72. The Hall–Kier alpha value is -2.10. The van der Waals surface area contributed by atoms with Gasteiger partial charge in [-0.25, -0.2) is 4.79 Å². The summed E-state index contributed by atoms with van der Waals surface area (Å²) < 4.78 is 11.9. The van der Waals surface area contributed by atoms with Crippen molar-refractivity contribution in [3.8, 4) is 0 Å². The zero-order valence-electron chi connectivity index (χ0n) is 22.9. The Labute approximate surface area is 224 Å². The number of aliphatic hydroxyl groups is 4. The number of Topliss-reactive ketones (excluding diaryl/α,β-unsaturated/α-hetero) is 1. The van der Waals surface area contributed by atoms with Crippen molar-refractivity contribution in [3.05, 3.63) is 48.1 Å². The van der Waals surface area contributed by atoms with Crippen molar-refractivity contribution in [1.29, 1.82) is 0 Å². The van der Waals surface area contributed by atoms with Gasteiger partial charge in [0.1, 0.15) is 22.9 Å². The Morgan fingerprint density at radius 3 is 2.61 bits per heavy atom. The summed E-state index contributed by atoms with van der Waals surface area (Å²) in [4.78, 5) is 26.1. The second-order valence-corrected chi connectivity index (χ2v) is 11.9. The number of hydrogen-bond donors (Lipinski definition) is 4. The van der Waals surface area contributed by atoms with Gasteiger partial charge < -0.3 is 29.9 Å². The number of esters is 1. The van der Waals surface area contributed by atoms with E-state index in [2.05, 4.69) is 13.5 Å². The number of unbranched alkanes of at least 4 members (excludes halogenated alkanes) is 3. The highest BCUT2D eigenvalue weighted by molar-refractivity contribution is 6.04. The zero-order chi connectivity index (χ0) is 28.1. The van der Waals surface area contributed by atoms with Crippen LogP contribution in [-0.4, -0.2) is 73.4 Å². The molecule has 2 saturated carbocycles. The molecule has 8 heteroatoms. The van der Waals surface area contributed by atoms with Crippen molar-refractivity contribution in [1.82, 2.24) is 0 Å². The number of ketones is 1. The van der Waals surface area contributed by atoms with Crippen LogP contribution in [0.1, 0.15) is 66.2 Å². The van der Waals surface area contributed by atoms with Crippen LogP contribution < -0.4 is 0 Å². The maximum Gasteiger partial charge on any atom is 0.331 e. The molecule has 1 heterocycles. The van der Waals surface area contributed by atoms with Crippen LogP contribution in [0.2, 0.25) is 0 Å². The summed E-state index contributed by atoms with van der Waals surface area (Å²) in [6.07, 6.45) is 10.00. The van der Waals surface area contributed by atoms with Crippen molar-refractivity contribution < 1.29 is 39.5 Å². The lowest BCUT2D eigenvalue weighted by Gasteiger charge is -2.57. The lowest BCUT2D eigenvalue weighted by Crippen LogP contribution is -2.70. The number of aliphatic hydroxyl groups excluding tert-OH is 1. The average molecular weight is 531 g/mol. The van der Waals surface area contributed by atoms with E-state index in [0.717, 1.165) is 25.7 Å². The molecule has 1 saturated heterocycles. The van der Waals surface area contributed by atoms with E-state index in [4.69, 9.17) is 9.47 Å². The first-order valence-electron chi connectivity index (χ1n) is 13.7. The summed E-state index contributed by atoms with van der Waals surface area (Å²) in [6.45, 7) is 10.5. The first-order chi connectivity index (χ1) is 17.8. The number of carbonyl (C=O) groups is 2. The van der Waals surface area contributed by atoms with Crippen LogP contribution in [-0.2, 0) is 19.1 Å². The monoisotopic (exact) mass is 530 g/mol. The van der Waals surface area contributed by atoms with Gasteiger partial charge >= 0.3 is 5.97 Å². The second-order valence-electron chi connectivity index (χ2n) is 11.9. The van der Waals surface area contributed by atoms with Crippen LogP contribution in [0.5, 0.6) is 0 Å². The van der Waals surface area contributed by atoms with Gasteiger partial charge in [0, 0.05) is 18.4 Å². The normalized spacial score (nSPS) is 43.8. The summed E-state index contributed by atoms with van der Waals surface area (Å²) in [6, 6.07) is 0. The molecule has 3 aliphatic carbocycles. The van der Waals surface area contributed by atoms with E-state index in [0.29, 0.717) is 11.1 Å². The standard InChI is InChI=1S/C30H42O8/c1-6-7-8-9-10-11-12-13-22(32)37-26-23-25-27(17-31,38-25)16-29(35)21(14-19(4)24(29)33)30(23,36)20(5)15-28(26,34)18(2)3/h10-14,20-21,23,25-26,31,34-36H,2,6-9,15-17H2,1,3-5H3/b11-10+,13-12+/t20-,21-,23+,25+,26-,27+,28-,29-,30+/m1/s1. The highest BCUT2D eigenvalue weighted by atomic mass is 16.6. The summed E-state index contributed by atoms with van der Waals surface area (Å²) in [7, 11) is 0. The number of allylic oxidation sites excluding steroid dienone is 3. The first kappa shape index (κ1) is 28.9. The molecule has 0 spiro atoms. The molecule has 0 amide bonds. The molecular weight excluding hydrogens is 488 g/mol. The molecule has 210 valence electrons. The molecule has 4 aliphatic rings. The van der Waals surface area contributed by atoms with Crippen LogP contribution in [0.4, 0.5) is 0 Å². The molecule has 0 aromatic rings. The van der Waals surface area contributed by atoms with E-state index in [1.165, 1.54) is 6.08 Å². The zero-order valence-corrected chi connectivity index (χ0v) is 22.9. The minimum Gasteiger partial charge on any atom is -0.455 e. The minimum absolute atomic E-state index is 0.0131. The predicted octanol–water partition coefficient (Wildman–Crippen LogP) is 2.70. The third-order valence-corrected chi connectivity index (χ3v) is 9.34. The molecule has 1 aliphatic heterocycles. The predicted molar refractivity (Wildman–Crippen MR) is 141 cm³/mol. The third-order valence-electron chi connectivity index (χ3n) is 9.34. The van der Waals surface area contributed by atoms with Crippen molar-refractivity contribution in [2.75, 3.05) is 6.61 Å². The molecule has 0 aromatic heterocycles. The van der Waals surface area contributed by atoms with Crippen LogP contribution in [0, 0.1) is 17.8 Å². The van der Waals surface area contributed by atoms with Crippen LogP contribution in [0.3, 0.4) is 0 Å².